The number of nitrogens with one attached hydrogen (secondary N) is 1. The van der Waals surface area contributed by atoms with Crippen molar-refractivity contribution >= 4 is 29.3 Å². The van der Waals surface area contributed by atoms with E-state index in [0.29, 0.717) is 28.6 Å². The zero-order chi connectivity index (χ0) is 20.1. The molecule has 0 atom stereocenters. The van der Waals surface area contributed by atoms with Crippen molar-refractivity contribution in [1.29, 1.82) is 5.26 Å². The summed E-state index contributed by atoms with van der Waals surface area (Å²) in [7, 11) is 0. The van der Waals surface area contributed by atoms with Crippen molar-refractivity contribution in [3.8, 4) is 6.07 Å². The van der Waals surface area contributed by atoms with Crippen LogP contribution >= 0.6 is 11.6 Å². The Hall–Kier alpha value is -3.43. The summed E-state index contributed by atoms with van der Waals surface area (Å²) in [4.78, 5) is 12.4. The largest absolute Gasteiger partial charge is 0.321 e. The van der Waals surface area contributed by atoms with Crippen molar-refractivity contribution < 1.29 is 9.18 Å². The predicted molar refractivity (Wildman–Crippen MR) is 106 cm³/mol. The third kappa shape index (κ3) is 4.45. The Balaban J connectivity index is 1.85. The molecule has 2 aromatic carbocycles. The number of hydrogen-bond donors (Lipinski definition) is 1. The molecule has 28 heavy (non-hydrogen) atoms. The molecule has 0 saturated carbocycles. The Morgan fingerprint density at radius 3 is 2.57 bits per heavy atom. The van der Waals surface area contributed by atoms with E-state index in [-0.39, 0.29) is 5.57 Å². The SMILES string of the molecule is Cc1nn(Cc2ccccc2)c(Cl)c1/C=C(\C#N)C(=O)Nc1ccc(F)cc1. The first kappa shape index (κ1) is 19.3. The van der Waals surface area contributed by atoms with E-state index in [0.717, 1.165) is 5.56 Å². The van der Waals surface area contributed by atoms with E-state index in [1.165, 1.54) is 30.3 Å². The lowest BCUT2D eigenvalue weighted by atomic mass is 10.1. The molecule has 3 rings (SSSR count). The lowest BCUT2D eigenvalue weighted by Crippen LogP contribution is -2.13. The van der Waals surface area contributed by atoms with E-state index in [2.05, 4.69) is 10.4 Å². The molecule has 1 amide bonds. The second-order valence-electron chi connectivity index (χ2n) is 6.06. The van der Waals surface area contributed by atoms with E-state index in [1.807, 2.05) is 36.4 Å². The average molecular weight is 395 g/mol. The number of carbonyl (C=O) groups is 1. The monoisotopic (exact) mass is 394 g/mol. The first-order valence-corrected chi connectivity index (χ1v) is 8.81. The van der Waals surface area contributed by atoms with Crippen molar-refractivity contribution in [2.75, 3.05) is 5.32 Å². The fourth-order valence-electron chi connectivity index (χ4n) is 2.62. The summed E-state index contributed by atoms with van der Waals surface area (Å²) in [5.74, 6) is -1.03. The molecule has 0 bridgehead atoms. The van der Waals surface area contributed by atoms with E-state index in [9.17, 15) is 14.4 Å². The van der Waals surface area contributed by atoms with E-state index in [1.54, 1.807) is 11.6 Å². The number of anilines is 1. The number of carbonyl (C=O) groups excluding carboxylic acids is 1. The van der Waals surface area contributed by atoms with Crippen LogP contribution in [0.25, 0.3) is 6.08 Å². The van der Waals surface area contributed by atoms with Gasteiger partial charge in [0.2, 0.25) is 0 Å². The van der Waals surface area contributed by atoms with Gasteiger partial charge in [0.15, 0.2) is 0 Å². The third-order valence-corrected chi connectivity index (χ3v) is 4.44. The minimum atomic E-state index is -0.611. The Morgan fingerprint density at radius 1 is 1.25 bits per heavy atom. The van der Waals surface area contributed by atoms with Crippen LogP contribution in [-0.2, 0) is 11.3 Å². The number of hydrogen-bond acceptors (Lipinski definition) is 3. The van der Waals surface area contributed by atoms with Crippen LogP contribution < -0.4 is 5.32 Å². The molecule has 1 heterocycles. The summed E-state index contributed by atoms with van der Waals surface area (Å²) >= 11 is 6.44. The van der Waals surface area contributed by atoms with Crippen molar-refractivity contribution in [3.05, 3.63) is 88.0 Å². The molecule has 3 aromatic rings. The normalized spacial score (nSPS) is 11.1. The van der Waals surface area contributed by atoms with Crippen molar-refractivity contribution in [1.82, 2.24) is 9.78 Å². The molecule has 0 spiro atoms. The summed E-state index contributed by atoms with van der Waals surface area (Å²) in [6.07, 6.45) is 1.41. The summed E-state index contributed by atoms with van der Waals surface area (Å²) in [6.45, 7) is 2.23. The van der Waals surface area contributed by atoms with Crippen molar-refractivity contribution in [2.45, 2.75) is 13.5 Å². The molecule has 0 fully saturated rings. The first-order valence-electron chi connectivity index (χ1n) is 8.43. The van der Waals surface area contributed by atoms with Crippen LogP contribution in [0.3, 0.4) is 0 Å². The Labute approximate surface area is 166 Å². The van der Waals surface area contributed by atoms with Crippen LogP contribution in [0, 0.1) is 24.1 Å². The second-order valence-corrected chi connectivity index (χ2v) is 6.42. The highest BCUT2D eigenvalue weighted by atomic mass is 35.5. The van der Waals surface area contributed by atoms with Gasteiger partial charge < -0.3 is 5.32 Å². The van der Waals surface area contributed by atoms with Crippen molar-refractivity contribution in [2.24, 2.45) is 0 Å². The number of nitrogens with zero attached hydrogens (tertiary/aromatic N) is 3. The van der Waals surface area contributed by atoms with Crippen LogP contribution in [-0.4, -0.2) is 15.7 Å². The Bertz CT molecular complexity index is 1070. The van der Waals surface area contributed by atoms with Gasteiger partial charge in [0.1, 0.15) is 22.6 Å². The standard InChI is InChI=1S/C21H16ClFN4O/c1-14-19(20(22)27(26-14)13-15-5-3-2-4-6-15)11-16(12-24)21(28)25-18-9-7-17(23)8-10-18/h2-11H,13H2,1H3,(H,25,28)/b16-11+. The highest BCUT2D eigenvalue weighted by molar-refractivity contribution is 6.31. The number of rotatable bonds is 5. The van der Waals surface area contributed by atoms with Crippen LogP contribution in [0.15, 0.2) is 60.2 Å². The van der Waals surface area contributed by atoms with Crippen LogP contribution in [0.4, 0.5) is 10.1 Å². The van der Waals surface area contributed by atoms with Gasteiger partial charge in [0.25, 0.3) is 5.91 Å². The van der Waals surface area contributed by atoms with E-state index < -0.39 is 11.7 Å². The third-order valence-electron chi connectivity index (χ3n) is 4.04. The maximum absolute atomic E-state index is 13.0. The number of halogens is 2. The van der Waals surface area contributed by atoms with E-state index in [4.69, 9.17) is 11.6 Å². The molecular formula is C21H16ClFN4O. The molecule has 0 radical (unpaired) electrons. The van der Waals surface area contributed by atoms with E-state index >= 15 is 0 Å². The van der Waals surface area contributed by atoms with Gasteiger partial charge in [-0.05, 0) is 42.8 Å². The quantitative estimate of drug-likeness (QED) is 0.508. The Morgan fingerprint density at radius 2 is 1.93 bits per heavy atom. The van der Waals surface area contributed by atoms with Crippen LogP contribution in [0.1, 0.15) is 16.8 Å². The van der Waals surface area contributed by atoms with Crippen molar-refractivity contribution in [3.63, 3.8) is 0 Å². The highest BCUT2D eigenvalue weighted by Crippen LogP contribution is 2.24. The minimum absolute atomic E-state index is 0.131. The van der Waals surface area contributed by atoms with Gasteiger partial charge >= 0.3 is 0 Å². The van der Waals surface area contributed by atoms with Gasteiger partial charge in [0.05, 0.1) is 12.2 Å². The average Bonchev–Trinajstić information content (AvgIpc) is 2.95. The molecule has 1 N–H and O–H groups in total. The molecule has 5 nitrogen and oxygen atoms in total. The number of aromatic nitrogens is 2. The molecule has 0 aliphatic heterocycles. The molecule has 0 saturated heterocycles. The molecule has 0 unspecified atom stereocenters. The fourth-order valence-corrected chi connectivity index (χ4v) is 2.91. The highest BCUT2D eigenvalue weighted by Gasteiger charge is 2.16. The van der Waals surface area contributed by atoms with Crippen LogP contribution in [0.2, 0.25) is 5.15 Å². The maximum atomic E-state index is 13.0. The van der Waals surface area contributed by atoms with Gasteiger partial charge in [-0.2, -0.15) is 10.4 Å². The number of amides is 1. The molecular weight excluding hydrogens is 379 g/mol. The zero-order valence-electron chi connectivity index (χ0n) is 15.0. The molecule has 7 heteroatoms. The first-order chi connectivity index (χ1) is 13.5. The summed E-state index contributed by atoms with van der Waals surface area (Å²) in [5, 5.41) is 16.7. The van der Waals surface area contributed by atoms with Crippen LogP contribution in [0.5, 0.6) is 0 Å². The van der Waals surface area contributed by atoms with Gasteiger partial charge in [-0.3, -0.25) is 4.79 Å². The molecule has 0 aliphatic rings. The smallest absolute Gasteiger partial charge is 0.266 e. The molecule has 1 aromatic heterocycles. The zero-order valence-corrected chi connectivity index (χ0v) is 15.7. The maximum Gasteiger partial charge on any atom is 0.266 e. The number of benzene rings is 2. The second kappa shape index (κ2) is 8.51. The Kier molecular flexibility index (Phi) is 5.87. The summed E-state index contributed by atoms with van der Waals surface area (Å²) in [6, 6.07) is 16.8. The number of nitriles is 1. The van der Waals surface area contributed by atoms with Gasteiger partial charge in [-0.15, -0.1) is 0 Å². The topological polar surface area (TPSA) is 70.7 Å². The molecule has 140 valence electrons. The lowest BCUT2D eigenvalue weighted by Gasteiger charge is -2.05. The number of aryl methyl sites for hydroxylation is 1. The minimum Gasteiger partial charge on any atom is -0.321 e. The lowest BCUT2D eigenvalue weighted by molar-refractivity contribution is -0.112. The summed E-state index contributed by atoms with van der Waals surface area (Å²) in [5.41, 5.74) is 2.38. The molecule has 0 aliphatic carbocycles. The van der Waals surface area contributed by atoms with Gasteiger partial charge in [-0.25, -0.2) is 9.07 Å². The summed E-state index contributed by atoms with van der Waals surface area (Å²) < 4.78 is 14.6. The predicted octanol–water partition coefficient (Wildman–Crippen LogP) is 4.58. The van der Waals surface area contributed by atoms with Gasteiger partial charge in [-0.1, -0.05) is 41.9 Å². The fraction of sp³-hybridized carbons (Fsp3) is 0.0952. The van der Waals surface area contributed by atoms with Gasteiger partial charge in [0, 0.05) is 11.3 Å².